The fraction of sp³-hybridized carbons (Fsp3) is 0.278. The van der Waals surface area contributed by atoms with Gasteiger partial charge in [-0.3, -0.25) is 9.48 Å². The van der Waals surface area contributed by atoms with Crippen molar-refractivity contribution in [2.24, 2.45) is 7.05 Å². The molecule has 10 nitrogen and oxygen atoms in total. The average Bonchev–Trinajstić information content (AvgIpc) is 3.46. The topological polar surface area (TPSA) is 112 Å². The summed E-state index contributed by atoms with van der Waals surface area (Å²) in [4.78, 5) is 22.3. The molecule has 1 amide bonds. The van der Waals surface area contributed by atoms with Gasteiger partial charge in [0.15, 0.2) is 5.65 Å². The van der Waals surface area contributed by atoms with E-state index >= 15 is 0 Å². The lowest BCUT2D eigenvalue weighted by Crippen LogP contribution is -2.27. The average molecular weight is 412 g/mol. The summed E-state index contributed by atoms with van der Waals surface area (Å²) in [6.07, 6.45) is 4.87. The van der Waals surface area contributed by atoms with Gasteiger partial charge in [-0.15, -0.1) is 16.4 Å². The van der Waals surface area contributed by atoms with Crippen LogP contribution in [0.5, 0.6) is 5.88 Å². The molecule has 0 atom stereocenters. The van der Waals surface area contributed by atoms with Crippen molar-refractivity contribution in [3.8, 4) is 5.88 Å². The molecule has 11 heteroatoms. The lowest BCUT2D eigenvalue weighted by atomic mass is 10.3. The Morgan fingerprint density at radius 2 is 2.24 bits per heavy atom. The molecule has 4 heterocycles. The summed E-state index contributed by atoms with van der Waals surface area (Å²) in [5.74, 6) is 0.779. The number of anilines is 1. The van der Waals surface area contributed by atoms with E-state index in [9.17, 15) is 4.79 Å². The van der Waals surface area contributed by atoms with Crippen LogP contribution in [0.2, 0.25) is 0 Å². The van der Waals surface area contributed by atoms with Crippen LogP contribution in [-0.2, 0) is 20.1 Å². The zero-order valence-electron chi connectivity index (χ0n) is 16.0. The third kappa shape index (κ3) is 4.04. The van der Waals surface area contributed by atoms with Crippen molar-refractivity contribution >= 4 is 34.1 Å². The van der Waals surface area contributed by atoms with Gasteiger partial charge in [0.05, 0.1) is 31.8 Å². The van der Waals surface area contributed by atoms with Crippen LogP contribution in [0.3, 0.4) is 0 Å². The number of carbonyl (C=O) groups excluding carboxylic acids is 1. The number of hydrogen-bond donors (Lipinski definition) is 2. The third-order valence-corrected chi connectivity index (χ3v) is 5.16. The third-order valence-electron chi connectivity index (χ3n) is 4.29. The highest BCUT2D eigenvalue weighted by atomic mass is 32.1. The highest BCUT2D eigenvalue weighted by molar-refractivity contribution is 7.09. The Morgan fingerprint density at radius 3 is 3.03 bits per heavy atom. The first kappa shape index (κ1) is 18.9. The van der Waals surface area contributed by atoms with Gasteiger partial charge >= 0.3 is 0 Å². The van der Waals surface area contributed by atoms with Gasteiger partial charge in [0.1, 0.15) is 17.7 Å². The molecule has 2 N–H and O–H groups in total. The number of nitrogens with zero attached hydrogens (tertiary/aromatic N) is 6. The van der Waals surface area contributed by atoms with Gasteiger partial charge in [0.25, 0.3) is 5.91 Å². The fourth-order valence-corrected chi connectivity index (χ4v) is 3.57. The summed E-state index contributed by atoms with van der Waals surface area (Å²) in [6.45, 7) is 1.55. The monoisotopic (exact) mass is 412 g/mol. The minimum Gasteiger partial charge on any atom is -0.479 e. The molecule has 0 saturated carbocycles. The molecule has 4 aromatic rings. The molecule has 0 saturated heterocycles. The van der Waals surface area contributed by atoms with Crippen molar-refractivity contribution in [2.45, 2.75) is 13.1 Å². The summed E-state index contributed by atoms with van der Waals surface area (Å²) in [5.41, 5.74) is 1.10. The number of thiophene rings is 1. The number of nitrogens with one attached hydrogen (secondary N) is 2. The molecular formula is C18H20N8O2S. The van der Waals surface area contributed by atoms with Gasteiger partial charge in [0.2, 0.25) is 5.88 Å². The fourth-order valence-electron chi connectivity index (χ4n) is 2.93. The van der Waals surface area contributed by atoms with E-state index in [2.05, 4.69) is 36.9 Å². The molecule has 150 valence electrons. The van der Waals surface area contributed by atoms with Crippen molar-refractivity contribution in [1.82, 2.24) is 34.8 Å². The number of methoxy groups -OCH3 is 1. The van der Waals surface area contributed by atoms with Gasteiger partial charge < -0.3 is 15.4 Å². The van der Waals surface area contributed by atoms with Crippen LogP contribution < -0.4 is 15.4 Å². The summed E-state index contributed by atoms with van der Waals surface area (Å²) < 4.78 is 8.41. The Balaban J connectivity index is 1.41. The van der Waals surface area contributed by atoms with E-state index < -0.39 is 0 Å². The van der Waals surface area contributed by atoms with Crippen molar-refractivity contribution < 1.29 is 9.53 Å². The van der Waals surface area contributed by atoms with E-state index in [1.165, 1.54) is 23.0 Å². The standard InChI is InChI=1S/C18H20N8O2S/c1-25-10-14(18(24-25)28-2)17(27)19-5-6-26-16-13(9-23-26)15(21-11-22-16)20-8-12-4-3-7-29-12/h3-4,7,9-11H,5-6,8H2,1-2H3,(H,19,27)(H,20,21,22). The Kier molecular flexibility index (Phi) is 5.38. The highest BCUT2D eigenvalue weighted by Crippen LogP contribution is 2.20. The maximum absolute atomic E-state index is 12.4. The lowest BCUT2D eigenvalue weighted by molar-refractivity contribution is 0.0949. The minimum atomic E-state index is -0.251. The number of aromatic nitrogens is 6. The van der Waals surface area contributed by atoms with Gasteiger partial charge in [-0.25, -0.2) is 14.6 Å². The van der Waals surface area contributed by atoms with E-state index in [4.69, 9.17) is 4.74 Å². The first-order valence-electron chi connectivity index (χ1n) is 8.94. The second-order valence-corrected chi connectivity index (χ2v) is 7.27. The van der Waals surface area contributed by atoms with E-state index in [0.29, 0.717) is 36.7 Å². The SMILES string of the molecule is COc1nn(C)cc1C(=O)NCCn1ncc2c(NCc3cccs3)ncnc21. The molecule has 4 rings (SSSR count). The number of aryl methyl sites for hydroxylation is 1. The van der Waals surface area contributed by atoms with Gasteiger partial charge in [-0.05, 0) is 11.4 Å². The van der Waals surface area contributed by atoms with Crippen molar-refractivity contribution in [3.63, 3.8) is 0 Å². The van der Waals surface area contributed by atoms with Crippen molar-refractivity contribution in [3.05, 3.63) is 46.7 Å². The predicted molar refractivity (Wildman–Crippen MR) is 109 cm³/mol. The lowest BCUT2D eigenvalue weighted by Gasteiger charge is -2.07. The van der Waals surface area contributed by atoms with Crippen molar-refractivity contribution in [1.29, 1.82) is 0 Å². The zero-order valence-corrected chi connectivity index (χ0v) is 16.8. The molecule has 0 bridgehead atoms. The summed E-state index contributed by atoms with van der Waals surface area (Å²) in [5, 5.41) is 17.5. The van der Waals surface area contributed by atoms with Crippen LogP contribution in [-0.4, -0.2) is 49.1 Å². The predicted octanol–water partition coefficient (Wildman–Crippen LogP) is 1.67. The molecule has 0 aliphatic heterocycles. The Hall–Kier alpha value is -3.47. The zero-order chi connectivity index (χ0) is 20.2. The number of fused-ring (bicyclic) bond motifs is 1. The second-order valence-electron chi connectivity index (χ2n) is 6.24. The van der Waals surface area contributed by atoms with Crippen LogP contribution in [0.15, 0.2) is 36.2 Å². The van der Waals surface area contributed by atoms with Gasteiger partial charge in [-0.2, -0.15) is 5.10 Å². The summed E-state index contributed by atoms with van der Waals surface area (Å²) in [7, 11) is 3.22. The molecule has 4 aromatic heterocycles. The summed E-state index contributed by atoms with van der Waals surface area (Å²) >= 11 is 1.69. The Bertz CT molecular complexity index is 1120. The van der Waals surface area contributed by atoms with Crippen LogP contribution in [0.1, 0.15) is 15.2 Å². The Morgan fingerprint density at radius 1 is 1.34 bits per heavy atom. The molecular weight excluding hydrogens is 392 g/mol. The normalized spacial score (nSPS) is 11.0. The van der Waals surface area contributed by atoms with Gasteiger partial charge in [-0.1, -0.05) is 6.07 Å². The smallest absolute Gasteiger partial charge is 0.258 e. The number of rotatable bonds is 8. The largest absolute Gasteiger partial charge is 0.479 e. The molecule has 0 aliphatic rings. The van der Waals surface area contributed by atoms with E-state index in [1.54, 1.807) is 35.5 Å². The number of hydrogen-bond acceptors (Lipinski definition) is 8. The minimum absolute atomic E-state index is 0.251. The molecule has 0 aromatic carbocycles. The van der Waals surface area contributed by atoms with Crippen LogP contribution in [0.25, 0.3) is 11.0 Å². The maximum atomic E-state index is 12.4. The second kappa shape index (κ2) is 8.27. The van der Waals surface area contributed by atoms with Crippen LogP contribution in [0.4, 0.5) is 5.82 Å². The Labute approximate surface area is 170 Å². The highest BCUT2D eigenvalue weighted by Gasteiger charge is 2.16. The number of carbonyl (C=O) groups is 1. The first-order chi connectivity index (χ1) is 14.2. The molecule has 0 aliphatic carbocycles. The molecule has 0 radical (unpaired) electrons. The number of ether oxygens (including phenoxy) is 1. The molecule has 0 fully saturated rings. The maximum Gasteiger partial charge on any atom is 0.258 e. The number of amides is 1. The van der Waals surface area contributed by atoms with Gasteiger partial charge in [0, 0.05) is 24.7 Å². The molecule has 29 heavy (non-hydrogen) atoms. The first-order valence-corrected chi connectivity index (χ1v) is 9.82. The molecule has 0 spiro atoms. The van der Waals surface area contributed by atoms with Crippen molar-refractivity contribution in [2.75, 3.05) is 19.0 Å². The molecule has 0 unspecified atom stereocenters. The van der Waals surface area contributed by atoms with Crippen LogP contribution >= 0.6 is 11.3 Å². The van der Waals surface area contributed by atoms with Crippen LogP contribution in [0, 0.1) is 0 Å². The quantitative estimate of drug-likeness (QED) is 0.453. The van der Waals surface area contributed by atoms with E-state index in [1.807, 2.05) is 11.4 Å². The summed E-state index contributed by atoms with van der Waals surface area (Å²) in [6, 6.07) is 4.09. The van der Waals surface area contributed by atoms with E-state index in [0.717, 1.165) is 11.2 Å². The van der Waals surface area contributed by atoms with E-state index in [-0.39, 0.29) is 5.91 Å².